The van der Waals surface area contributed by atoms with Gasteiger partial charge in [-0.3, -0.25) is 0 Å². The molecule has 55 valence electrons. The minimum absolute atomic E-state index is 0.245. The molecule has 1 radical (unpaired) electrons. The number of hydrogen-bond donors (Lipinski definition) is 1. The third kappa shape index (κ3) is 8.10. The van der Waals surface area contributed by atoms with Crippen LogP contribution in [-0.2, 0) is 0 Å². The van der Waals surface area contributed by atoms with Crippen LogP contribution < -0.4 is 5.32 Å². The summed E-state index contributed by atoms with van der Waals surface area (Å²) in [5.41, 5.74) is 0. The van der Waals surface area contributed by atoms with E-state index < -0.39 is 12.7 Å². The van der Waals surface area contributed by atoms with E-state index in [0.29, 0.717) is 5.75 Å². The third-order valence-electron chi connectivity index (χ3n) is 0.604. The molecular weight excluding hydrogens is 151 g/mol. The Kier molecular flexibility index (Phi) is 4.05. The van der Waals surface area contributed by atoms with Crippen LogP contribution in [0.15, 0.2) is 0 Å². The second-order valence-electron chi connectivity index (χ2n) is 1.50. The van der Waals surface area contributed by atoms with Gasteiger partial charge >= 0.3 is 6.18 Å². The van der Waals surface area contributed by atoms with Gasteiger partial charge in [0.1, 0.15) is 0 Å². The van der Waals surface area contributed by atoms with Gasteiger partial charge < -0.3 is 5.32 Å². The summed E-state index contributed by atoms with van der Waals surface area (Å²) in [5.74, 6) is 0.316. The minimum Gasteiger partial charge on any atom is -0.308 e. The van der Waals surface area contributed by atoms with E-state index >= 15 is 0 Å². The van der Waals surface area contributed by atoms with E-state index in [1.807, 2.05) is 0 Å². The van der Waals surface area contributed by atoms with Crippen LogP contribution in [0.2, 0.25) is 0 Å². The van der Waals surface area contributed by atoms with Crippen molar-refractivity contribution in [3.05, 3.63) is 0 Å². The Hall–Kier alpha value is 0.100. The molecule has 0 bridgehead atoms. The highest BCUT2D eigenvalue weighted by atomic mass is 32.1. The first-order chi connectivity index (χ1) is 4.06. The molecule has 1 N–H and O–H groups in total. The Balaban J connectivity index is 3.07. The molecule has 0 atom stereocenters. The predicted molar refractivity (Wildman–Crippen MR) is 31.4 cm³/mol. The van der Waals surface area contributed by atoms with Crippen LogP contribution in [0.25, 0.3) is 0 Å². The quantitative estimate of drug-likeness (QED) is 0.611. The Bertz CT molecular complexity index is 72.7. The van der Waals surface area contributed by atoms with Crippen LogP contribution in [0.5, 0.6) is 0 Å². The van der Waals surface area contributed by atoms with Crippen molar-refractivity contribution in [2.24, 2.45) is 0 Å². The first-order valence-corrected chi connectivity index (χ1v) is 2.99. The van der Waals surface area contributed by atoms with Crippen molar-refractivity contribution in [2.75, 3.05) is 18.8 Å². The zero-order valence-electron chi connectivity index (χ0n) is 4.66. The molecule has 0 aromatic heterocycles. The SMILES string of the molecule is FC(F)(F)CNCC[S]. The summed E-state index contributed by atoms with van der Waals surface area (Å²) in [5, 5.41) is 2.15. The average Bonchev–Trinajstić information content (AvgIpc) is 1.63. The first kappa shape index (κ1) is 9.10. The monoisotopic (exact) mass is 158 g/mol. The molecule has 9 heavy (non-hydrogen) atoms. The zero-order valence-corrected chi connectivity index (χ0v) is 5.48. The summed E-state index contributed by atoms with van der Waals surface area (Å²) in [6, 6.07) is 0. The summed E-state index contributed by atoms with van der Waals surface area (Å²) in [6.45, 7) is -0.696. The molecule has 0 saturated heterocycles. The van der Waals surface area contributed by atoms with Crippen molar-refractivity contribution in [3.8, 4) is 0 Å². The van der Waals surface area contributed by atoms with E-state index in [0.717, 1.165) is 0 Å². The standard InChI is InChI=1S/C4H7F3NS/c5-4(6,7)3-8-1-2-9/h8H,1-3H2. The fourth-order valence-electron chi connectivity index (χ4n) is 0.302. The van der Waals surface area contributed by atoms with Crippen LogP contribution in [0.4, 0.5) is 13.2 Å². The molecule has 1 nitrogen and oxygen atoms in total. The molecule has 5 heteroatoms. The molecule has 0 aromatic carbocycles. The fourth-order valence-corrected chi connectivity index (χ4v) is 0.447. The van der Waals surface area contributed by atoms with Crippen molar-refractivity contribution in [3.63, 3.8) is 0 Å². The summed E-state index contributed by atoms with van der Waals surface area (Å²) < 4.78 is 33.8. The zero-order chi connectivity index (χ0) is 7.33. The average molecular weight is 158 g/mol. The van der Waals surface area contributed by atoms with E-state index in [2.05, 4.69) is 17.9 Å². The summed E-state index contributed by atoms with van der Waals surface area (Å²) in [7, 11) is 0. The molecule has 0 fully saturated rings. The largest absolute Gasteiger partial charge is 0.401 e. The molecule has 0 heterocycles. The van der Waals surface area contributed by atoms with Crippen LogP contribution in [-0.4, -0.2) is 25.0 Å². The molecule has 0 saturated carbocycles. The highest BCUT2D eigenvalue weighted by Crippen LogP contribution is 2.11. The van der Waals surface area contributed by atoms with Gasteiger partial charge in [0.15, 0.2) is 0 Å². The predicted octanol–water partition coefficient (Wildman–Crippen LogP) is 1.34. The van der Waals surface area contributed by atoms with E-state index in [1.165, 1.54) is 0 Å². The van der Waals surface area contributed by atoms with Crippen LogP contribution >= 0.6 is 12.6 Å². The van der Waals surface area contributed by atoms with E-state index in [1.54, 1.807) is 0 Å². The van der Waals surface area contributed by atoms with Crippen molar-refractivity contribution >= 4 is 12.6 Å². The highest BCUT2D eigenvalue weighted by Gasteiger charge is 2.25. The number of alkyl halides is 3. The molecule has 0 aliphatic carbocycles. The van der Waals surface area contributed by atoms with Crippen molar-refractivity contribution < 1.29 is 13.2 Å². The Morgan fingerprint density at radius 1 is 1.33 bits per heavy atom. The number of halogens is 3. The number of rotatable bonds is 3. The van der Waals surface area contributed by atoms with E-state index in [-0.39, 0.29) is 6.54 Å². The molecule has 0 rings (SSSR count). The number of nitrogens with one attached hydrogen (secondary N) is 1. The minimum atomic E-state index is -4.11. The van der Waals surface area contributed by atoms with Gasteiger partial charge in [-0.1, -0.05) is 12.6 Å². The molecule has 0 amide bonds. The van der Waals surface area contributed by atoms with Gasteiger partial charge in [0.25, 0.3) is 0 Å². The Labute approximate surface area is 57.0 Å². The van der Waals surface area contributed by atoms with Gasteiger partial charge in [-0.25, -0.2) is 0 Å². The lowest BCUT2D eigenvalue weighted by atomic mass is 10.6. The Morgan fingerprint density at radius 2 is 1.89 bits per heavy atom. The van der Waals surface area contributed by atoms with Gasteiger partial charge in [-0.05, 0) is 0 Å². The third-order valence-corrected chi connectivity index (χ3v) is 0.808. The Morgan fingerprint density at radius 3 is 2.22 bits per heavy atom. The summed E-state index contributed by atoms with van der Waals surface area (Å²) >= 11 is 4.41. The normalized spacial score (nSPS) is 12.0. The molecule has 0 spiro atoms. The van der Waals surface area contributed by atoms with Gasteiger partial charge in [-0.2, -0.15) is 13.2 Å². The van der Waals surface area contributed by atoms with Gasteiger partial charge in [0.05, 0.1) is 6.54 Å². The maximum Gasteiger partial charge on any atom is 0.401 e. The van der Waals surface area contributed by atoms with Crippen molar-refractivity contribution in [1.29, 1.82) is 0 Å². The highest BCUT2D eigenvalue weighted by molar-refractivity contribution is 7.80. The molecule has 0 aliphatic heterocycles. The van der Waals surface area contributed by atoms with E-state index in [4.69, 9.17) is 0 Å². The smallest absolute Gasteiger partial charge is 0.308 e. The summed E-state index contributed by atoms with van der Waals surface area (Å²) in [6.07, 6.45) is -4.11. The van der Waals surface area contributed by atoms with Crippen LogP contribution in [0, 0.1) is 0 Å². The fraction of sp³-hybridized carbons (Fsp3) is 1.00. The topological polar surface area (TPSA) is 12.0 Å². The molecular formula is C4H7F3NS. The van der Waals surface area contributed by atoms with Crippen molar-refractivity contribution in [1.82, 2.24) is 5.32 Å². The first-order valence-electron chi connectivity index (χ1n) is 2.42. The second kappa shape index (κ2) is 4.00. The lowest BCUT2D eigenvalue weighted by Crippen LogP contribution is -2.29. The van der Waals surface area contributed by atoms with Crippen molar-refractivity contribution in [2.45, 2.75) is 6.18 Å². The van der Waals surface area contributed by atoms with Gasteiger partial charge in [0, 0.05) is 12.3 Å². The van der Waals surface area contributed by atoms with Crippen LogP contribution in [0.3, 0.4) is 0 Å². The maximum absolute atomic E-state index is 11.3. The molecule has 0 unspecified atom stereocenters. The second-order valence-corrected chi connectivity index (χ2v) is 1.90. The molecule has 0 aromatic rings. The lowest BCUT2D eigenvalue weighted by Gasteiger charge is -2.05. The summed E-state index contributed by atoms with van der Waals surface area (Å²) in [4.78, 5) is 0. The maximum atomic E-state index is 11.3. The van der Waals surface area contributed by atoms with Gasteiger partial charge in [0.2, 0.25) is 0 Å². The molecule has 0 aliphatic rings. The number of hydrogen-bond acceptors (Lipinski definition) is 1. The van der Waals surface area contributed by atoms with Crippen LogP contribution in [0.1, 0.15) is 0 Å². The van der Waals surface area contributed by atoms with Gasteiger partial charge in [-0.15, -0.1) is 0 Å². The lowest BCUT2D eigenvalue weighted by molar-refractivity contribution is -0.124. The van der Waals surface area contributed by atoms with E-state index in [9.17, 15) is 13.2 Å².